The minimum absolute atomic E-state index is 0.107. The Morgan fingerprint density at radius 1 is 1.25 bits per heavy atom. The van der Waals surface area contributed by atoms with Crippen LogP contribution in [0.2, 0.25) is 0 Å². The molecule has 1 aromatic heterocycles. The predicted octanol–water partition coefficient (Wildman–Crippen LogP) is 3.47. The molecule has 108 valence electrons. The molecule has 0 bridgehead atoms. The lowest BCUT2D eigenvalue weighted by atomic mass is 10.2. The second-order valence-electron chi connectivity index (χ2n) is 5.33. The second-order valence-corrected chi connectivity index (χ2v) is 6.45. The van der Waals surface area contributed by atoms with Crippen molar-refractivity contribution in [1.29, 1.82) is 0 Å². The summed E-state index contributed by atoms with van der Waals surface area (Å²) in [6.07, 6.45) is 0.521. The minimum atomic E-state index is 0.107. The summed E-state index contributed by atoms with van der Waals surface area (Å²) in [5, 5.41) is 7.61. The molecule has 1 aromatic carbocycles. The fraction of sp³-hybridized carbons (Fsp3) is 0.438. The van der Waals surface area contributed by atoms with Gasteiger partial charge in [-0.05, 0) is 38.3 Å². The zero-order valence-electron chi connectivity index (χ0n) is 12.3. The van der Waals surface area contributed by atoms with Crippen LogP contribution >= 0.6 is 11.3 Å². The standard InChI is InChI=1S/C16H22N2OS/c1-11(2)18-16(19)8-9-17-12(3)15-10-13-6-4-5-7-14(13)20-15/h4-7,10-12,17H,8-9H2,1-3H3,(H,18,19). The molecule has 0 aliphatic heterocycles. The van der Waals surface area contributed by atoms with Crippen molar-refractivity contribution in [3.05, 3.63) is 35.2 Å². The summed E-state index contributed by atoms with van der Waals surface area (Å²) in [6.45, 7) is 6.80. The topological polar surface area (TPSA) is 41.1 Å². The fourth-order valence-corrected chi connectivity index (χ4v) is 3.20. The molecule has 0 saturated heterocycles. The number of amides is 1. The average Bonchev–Trinajstić information content (AvgIpc) is 2.81. The molecule has 1 heterocycles. The van der Waals surface area contributed by atoms with Gasteiger partial charge < -0.3 is 10.6 Å². The average molecular weight is 290 g/mol. The first-order chi connectivity index (χ1) is 9.56. The van der Waals surface area contributed by atoms with Crippen LogP contribution in [0.3, 0.4) is 0 Å². The van der Waals surface area contributed by atoms with Crippen molar-refractivity contribution in [1.82, 2.24) is 10.6 Å². The Kier molecular flexibility index (Phi) is 5.15. The Hall–Kier alpha value is -1.39. The number of thiophene rings is 1. The van der Waals surface area contributed by atoms with E-state index in [1.165, 1.54) is 15.0 Å². The maximum Gasteiger partial charge on any atom is 0.221 e. The van der Waals surface area contributed by atoms with Crippen molar-refractivity contribution in [3.63, 3.8) is 0 Å². The number of carbonyl (C=O) groups is 1. The molecule has 1 unspecified atom stereocenters. The quantitative estimate of drug-likeness (QED) is 0.855. The van der Waals surface area contributed by atoms with Crippen LogP contribution in [0.5, 0.6) is 0 Å². The summed E-state index contributed by atoms with van der Waals surface area (Å²) in [5.41, 5.74) is 0. The van der Waals surface area contributed by atoms with Crippen LogP contribution in [0.1, 0.15) is 38.1 Å². The Morgan fingerprint density at radius 2 is 2.00 bits per heavy atom. The fourth-order valence-electron chi connectivity index (χ4n) is 2.11. The largest absolute Gasteiger partial charge is 0.354 e. The van der Waals surface area contributed by atoms with Crippen molar-refractivity contribution in [3.8, 4) is 0 Å². The molecule has 1 amide bonds. The van der Waals surface area contributed by atoms with Gasteiger partial charge in [0.2, 0.25) is 5.91 Å². The van der Waals surface area contributed by atoms with Gasteiger partial charge in [0.15, 0.2) is 0 Å². The highest BCUT2D eigenvalue weighted by Crippen LogP contribution is 2.29. The number of benzene rings is 1. The highest BCUT2D eigenvalue weighted by atomic mass is 32.1. The summed E-state index contributed by atoms with van der Waals surface area (Å²) < 4.78 is 1.31. The zero-order chi connectivity index (χ0) is 14.5. The molecular weight excluding hydrogens is 268 g/mol. The molecule has 2 rings (SSSR count). The third-order valence-corrected chi connectivity index (χ3v) is 4.42. The first-order valence-electron chi connectivity index (χ1n) is 7.07. The molecule has 20 heavy (non-hydrogen) atoms. The van der Waals surface area contributed by atoms with Crippen LogP contribution in [-0.4, -0.2) is 18.5 Å². The lowest BCUT2D eigenvalue weighted by molar-refractivity contribution is -0.121. The highest BCUT2D eigenvalue weighted by Gasteiger charge is 2.10. The van der Waals surface area contributed by atoms with E-state index in [9.17, 15) is 4.79 Å². The van der Waals surface area contributed by atoms with Crippen molar-refractivity contribution >= 4 is 27.3 Å². The highest BCUT2D eigenvalue weighted by molar-refractivity contribution is 7.19. The second kappa shape index (κ2) is 6.86. The number of rotatable bonds is 6. The Balaban J connectivity index is 1.85. The summed E-state index contributed by atoms with van der Waals surface area (Å²) in [6, 6.07) is 11.1. The number of hydrogen-bond donors (Lipinski definition) is 2. The smallest absolute Gasteiger partial charge is 0.221 e. The van der Waals surface area contributed by atoms with Gasteiger partial charge in [0.1, 0.15) is 0 Å². The van der Waals surface area contributed by atoms with Gasteiger partial charge in [-0.2, -0.15) is 0 Å². The van der Waals surface area contributed by atoms with E-state index >= 15 is 0 Å². The Bertz CT molecular complexity index is 544. The number of hydrogen-bond acceptors (Lipinski definition) is 3. The first-order valence-corrected chi connectivity index (χ1v) is 7.89. The third-order valence-electron chi connectivity index (χ3n) is 3.12. The molecule has 3 nitrogen and oxygen atoms in total. The Labute approximate surface area is 124 Å². The summed E-state index contributed by atoms with van der Waals surface area (Å²) in [7, 11) is 0. The molecule has 0 radical (unpaired) electrons. The van der Waals surface area contributed by atoms with E-state index in [0.717, 1.165) is 0 Å². The summed E-state index contributed by atoms with van der Waals surface area (Å²) in [5.74, 6) is 0.107. The predicted molar refractivity (Wildman–Crippen MR) is 86.1 cm³/mol. The van der Waals surface area contributed by atoms with Gasteiger partial charge in [-0.3, -0.25) is 4.79 Å². The lowest BCUT2D eigenvalue weighted by Gasteiger charge is -2.12. The van der Waals surface area contributed by atoms with Gasteiger partial charge in [-0.25, -0.2) is 0 Å². The van der Waals surface area contributed by atoms with Crippen LogP contribution < -0.4 is 10.6 Å². The molecule has 2 aromatic rings. The van der Waals surface area contributed by atoms with E-state index < -0.39 is 0 Å². The molecule has 0 saturated carbocycles. The zero-order valence-corrected chi connectivity index (χ0v) is 13.1. The number of fused-ring (bicyclic) bond motifs is 1. The van der Waals surface area contributed by atoms with E-state index in [0.29, 0.717) is 13.0 Å². The number of carbonyl (C=O) groups excluding carboxylic acids is 1. The van der Waals surface area contributed by atoms with Gasteiger partial charge >= 0.3 is 0 Å². The normalized spacial score (nSPS) is 12.8. The van der Waals surface area contributed by atoms with E-state index in [4.69, 9.17) is 0 Å². The van der Waals surface area contributed by atoms with Gasteiger partial charge in [-0.1, -0.05) is 18.2 Å². The molecular formula is C16H22N2OS. The lowest BCUT2D eigenvalue weighted by Crippen LogP contribution is -2.33. The first kappa shape index (κ1) is 15.0. The van der Waals surface area contributed by atoms with Crippen LogP contribution in [0.15, 0.2) is 30.3 Å². The molecule has 1 atom stereocenters. The summed E-state index contributed by atoms with van der Waals surface area (Å²) >= 11 is 1.81. The molecule has 2 N–H and O–H groups in total. The maximum absolute atomic E-state index is 11.6. The SMILES string of the molecule is CC(C)NC(=O)CCNC(C)c1cc2ccccc2s1. The van der Waals surface area contributed by atoms with E-state index in [1.54, 1.807) is 0 Å². The Morgan fingerprint density at radius 3 is 2.70 bits per heavy atom. The monoisotopic (exact) mass is 290 g/mol. The van der Waals surface area contributed by atoms with Gasteiger partial charge in [0.25, 0.3) is 0 Å². The van der Waals surface area contributed by atoms with E-state index in [2.05, 4.69) is 47.9 Å². The molecule has 4 heteroatoms. The van der Waals surface area contributed by atoms with E-state index in [-0.39, 0.29) is 18.0 Å². The van der Waals surface area contributed by atoms with Crippen molar-refractivity contribution in [2.75, 3.05) is 6.54 Å². The van der Waals surface area contributed by atoms with Gasteiger partial charge in [0, 0.05) is 34.6 Å². The van der Waals surface area contributed by atoms with Crippen molar-refractivity contribution < 1.29 is 4.79 Å². The van der Waals surface area contributed by atoms with Crippen LogP contribution in [0.4, 0.5) is 0 Å². The van der Waals surface area contributed by atoms with Crippen LogP contribution in [-0.2, 0) is 4.79 Å². The van der Waals surface area contributed by atoms with E-state index in [1.807, 2.05) is 25.2 Å². The van der Waals surface area contributed by atoms with Gasteiger partial charge in [-0.15, -0.1) is 11.3 Å². The summed E-state index contributed by atoms with van der Waals surface area (Å²) in [4.78, 5) is 12.9. The van der Waals surface area contributed by atoms with Crippen LogP contribution in [0.25, 0.3) is 10.1 Å². The third kappa shape index (κ3) is 4.05. The molecule has 0 spiro atoms. The molecule has 0 aliphatic rings. The van der Waals surface area contributed by atoms with Crippen molar-refractivity contribution in [2.24, 2.45) is 0 Å². The maximum atomic E-state index is 11.6. The van der Waals surface area contributed by atoms with Crippen LogP contribution in [0, 0.1) is 0 Å². The number of nitrogens with one attached hydrogen (secondary N) is 2. The molecule has 0 aliphatic carbocycles. The van der Waals surface area contributed by atoms with Gasteiger partial charge in [0.05, 0.1) is 0 Å². The minimum Gasteiger partial charge on any atom is -0.354 e. The molecule has 0 fully saturated rings. The van der Waals surface area contributed by atoms with Crippen molar-refractivity contribution in [2.45, 2.75) is 39.3 Å².